The topological polar surface area (TPSA) is 68.9 Å². The van der Waals surface area contributed by atoms with Crippen molar-refractivity contribution < 1.29 is 4.92 Å². The second-order valence-electron chi connectivity index (χ2n) is 2.97. The minimum atomic E-state index is -0.432. The second-order valence-corrected chi connectivity index (χ2v) is 3.99. The Morgan fingerprint density at radius 3 is 2.62 bits per heavy atom. The van der Waals surface area contributed by atoms with E-state index in [-0.39, 0.29) is 5.69 Å². The molecular weight excluding hydrogens is 321 g/mol. The van der Waals surface area contributed by atoms with Crippen LogP contribution in [0.3, 0.4) is 0 Å². The molecule has 0 aromatic carbocycles. The van der Waals surface area contributed by atoms with Gasteiger partial charge in [-0.3, -0.25) is 15.1 Å². The number of nitro groups is 1. The fourth-order valence-corrected chi connectivity index (χ4v) is 1.98. The third-order valence-electron chi connectivity index (χ3n) is 2.00. The molecule has 0 aliphatic carbocycles. The van der Waals surface area contributed by atoms with Crippen molar-refractivity contribution in [1.29, 1.82) is 0 Å². The molecule has 16 heavy (non-hydrogen) atoms. The fourth-order valence-electron chi connectivity index (χ4n) is 1.33. The molecule has 5 nitrogen and oxygen atoms in total. The Labute approximate surface area is 105 Å². The van der Waals surface area contributed by atoms with Crippen LogP contribution in [-0.4, -0.2) is 14.9 Å². The van der Waals surface area contributed by atoms with E-state index in [1.54, 1.807) is 36.7 Å². The second kappa shape index (κ2) is 4.52. The van der Waals surface area contributed by atoms with E-state index in [0.29, 0.717) is 15.0 Å². The number of hydrogen-bond donors (Lipinski definition) is 0. The third kappa shape index (κ3) is 2.01. The maximum absolute atomic E-state index is 10.9. The maximum atomic E-state index is 10.9. The molecule has 0 aliphatic rings. The van der Waals surface area contributed by atoms with Crippen molar-refractivity contribution in [3.63, 3.8) is 0 Å². The molecule has 0 radical (unpaired) electrons. The van der Waals surface area contributed by atoms with E-state index < -0.39 is 4.92 Å². The molecular formula is C10H6IN3O2. The average Bonchev–Trinajstić information content (AvgIpc) is 2.29. The van der Waals surface area contributed by atoms with Crippen LogP contribution in [0.4, 0.5) is 5.69 Å². The van der Waals surface area contributed by atoms with Gasteiger partial charge in [0.05, 0.1) is 16.2 Å². The molecule has 2 aromatic heterocycles. The summed E-state index contributed by atoms with van der Waals surface area (Å²) >= 11 is 1.85. The van der Waals surface area contributed by atoms with E-state index in [9.17, 15) is 10.1 Å². The predicted molar refractivity (Wildman–Crippen MR) is 66.8 cm³/mol. The van der Waals surface area contributed by atoms with Crippen LogP contribution in [-0.2, 0) is 0 Å². The lowest BCUT2D eigenvalue weighted by molar-refractivity contribution is -0.385. The molecule has 0 spiro atoms. The SMILES string of the molecule is O=[N+]([O-])c1c(-c2ccccn2)ccnc1I. The van der Waals surface area contributed by atoms with E-state index in [4.69, 9.17) is 0 Å². The van der Waals surface area contributed by atoms with Crippen LogP contribution in [0.25, 0.3) is 11.3 Å². The molecule has 0 aliphatic heterocycles. The summed E-state index contributed by atoms with van der Waals surface area (Å²) in [7, 11) is 0. The smallest absolute Gasteiger partial charge is 0.258 e. The molecule has 6 heteroatoms. The van der Waals surface area contributed by atoms with Gasteiger partial charge in [-0.1, -0.05) is 6.07 Å². The van der Waals surface area contributed by atoms with Crippen LogP contribution in [0.1, 0.15) is 0 Å². The molecule has 0 atom stereocenters. The molecule has 0 unspecified atom stereocenters. The van der Waals surface area contributed by atoms with E-state index in [1.165, 1.54) is 0 Å². The van der Waals surface area contributed by atoms with Gasteiger partial charge in [0.2, 0.25) is 0 Å². The molecule has 0 amide bonds. The summed E-state index contributed by atoms with van der Waals surface area (Å²) in [5, 5.41) is 10.9. The Bertz CT molecular complexity index is 531. The highest BCUT2D eigenvalue weighted by Gasteiger charge is 2.20. The van der Waals surface area contributed by atoms with Gasteiger partial charge in [0.1, 0.15) is 0 Å². The first-order chi connectivity index (χ1) is 7.70. The highest BCUT2D eigenvalue weighted by atomic mass is 127. The molecule has 2 rings (SSSR count). The minimum absolute atomic E-state index is 0.00167. The average molecular weight is 327 g/mol. The van der Waals surface area contributed by atoms with Crippen molar-refractivity contribution in [2.75, 3.05) is 0 Å². The molecule has 0 saturated carbocycles. The Balaban J connectivity index is 2.66. The van der Waals surface area contributed by atoms with Crippen molar-refractivity contribution in [2.24, 2.45) is 0 Å². The predicted octanol–water partition coefficient (Wildman–Crippen LogP) is 2.66. The summed E-state index contributed by atoms with van der Waals surface area (Å²) in [4.78, 5) is 18.5. The summed E-state index contributed by atoms with van der Waals surface area (Å²) in [5.74, 6) is 0. The summed E-state index contributed by atoms with van der Waals surface area (Å²) < 4.78 is 0.366. The van der Waals surface area contributed by atoms with Crippen molar-refractivity contribution in [2.45, 2.75) is 0 Å². The van der Waals surface area contributed by atoms with Gasteiger partial charge >= 0.3 is 5.69 Å². The lowest BCUT2D eigenvalue weighted by Gasteiger charge is -2.02. The van der Waals surface area contributed by atoms with E-state index in [1.807, 2.05) is 22.6 Å². The van der Waals surface area contributed by atoms with E-state index in [2.05, 4.69) is 9.97 Å². The Morgan fingerprint density at radius 1 is 1.19 bits per heavy atom. The molecule has 2 aromatic rings. The van der Waals surface area contributed by atoms with Crippen LogP contribution < -0.4 is 0 Å². The molecule has 0 saturated heterocycles. The van der Waals surface area contributed by atoms with Gasteiger partial charge in [-0.15, -0.1) is 0 Å². The number of halogens is 1. The van der Waals surface area contributed by atoms with Crippen molar-refractivity contribution in [3.8, 4) is 11.3 Å². The fraction of sp³-hybridized carbons (Fsp3) is 0. The van der Waals surface area contributed by atoms with Gasteiger partial charge in [-0.25, -0.2) is 4.98 Å². The number of hydrogen-bond acceptors (Lipinski definition) is 4. The number of pyridine rings is 2. The molecule has 2 heterocycles. The highest BCUT2D eigenvalue weighted by molar-refractivity contribution is 14.1. The first-order valence-corrected chi connectivity index (χ1v) is 5.48. The van der Waals surface area contributed by atoms with E-state index >= 15 is 0 Å². The number of aromatic nitrogens is 2. The molecule has 0 fully saturated rings. The quantitative estimate of drug-likeness (QED) is 0.368. The van der Waals surface area contributed by atoms with Gasteiger partial charge in [-0.05, 0) is 40.8 Å². The highest BCUT2D eigenvalue weighted by Crippen LogP contribution is 2.30. The standard InChI is InChI=1S/C10H6IN3O2/c11-10-9(14(15)16)7(4-6-13-10)8-3-1-2-5-12-8/h1-6H. The number of rotatable bonds is 2. The van der Waals surface area contributed by atoms with Crippen LogP contribution in [0, 0.1) is 13.8 Å². The third-order valence-corrected chi connectivity index (χ3v) is 2.79. The van der Waals surface area contributed by atoms with Gasteiger partial charge in [0, 0.05) is 12.4 Å². The molecule has 80 valence electrons. The molecule has 0 bridgehead atoms. The van der Waals surface area contributed by atoms with Crippen LogP contribution >= 0.6 is 22.6 Å². The Kier molecular flexibility index (Phi) is 3.09. The summed E-state index contributed by atoms with van der Waals surface area (Å²) in [5.41, 5.74) is 1.07. The van der Waals surface area contributed by atoms with Crippen molar-refractivity contribution in [3.05, 3.63) is 50.5 Å². The van der Waals surface area contributed by atoms with Crippen molar-refractivity contribution in [1.82, 2.24) is 9.97 Å². The lowest BCUT2D eigenvalue weighted by Crippen LogP contribution is -1.97. The summed E-state index contributed by atoms with van der Waals surface area (Å²) in [6.07, 6.45) is 3.14. The van der Waals surface area contributed by atoms with Gasteiger partial charge in [0.15, 0.2) is 3.70 Å². The zero-order valence-electron chi connectivity index (χ0n) is 8.00. The van der Waals surface area contributed by atoms with Crippen LogP contribution in [0.15, 0.2) is 36.7 Å². The summed E-state index contributed by atoms with van der Waals surface area (Å²) in [6.45, 7) is 0. The maximum Gasteiger partial charge on any atom is 0.310 e. The lowest BCUT2D eigenvalue weighted by atomic mass is 10.1. The monoisotopic (exact) mass is 327 g/mol. The normalized spacial score (nSPS) is 10.1. The first kappa shape index (κ1) is 10.9. The van der Waals surface area contributed by atoms with Gasteiger partial charge < -0.3 is 0 Å². The first-order valence-electron chi connectivity index (χ1n) is 4.40. The van der Waals surface area contributed by atoms with E-state index in [0.717, 1.165) is 0 Å². The Hall–Kier alpha value is -1.57. The van der Waals surface area contributed by atoms with Crippen molar-refractivity contribution >= 4 is 28.3 Å². The molecule has 0 N–H and O–H groups in total. The minimum Gasteiger partial charge on any atom is -0.258 e. The number of nitrogens with zero attached hydrogens (tertiary/aromatic N) is 3. The zero-order valence-corrected chi connectivity index (χ0v) is 10.2. The zero-order chi connectivity index (χ0) is 11.5. The Morgan fingerprint density at radius 2 is 2.00 bits per heavy atom. The largest absolute Gasteiger partial charge is 0.310 e. The van der Waals surface area contributed by atoms with Gasteiger partial charge in [-0.2, -0.15) is 0 Å². The van der Waals surface area contributed by atoms with Gasteiger partial charge in [0.25, 0.3) is 0 Å². The summed E-state index contributed by atoms with van der Waals surface area (Å²) in [6, 6.07) is 6.89. The van der Waals surface area contributed by atoms with Crippen LogP contribution in [0.2, 0.25) is 0 Å². The van der Waals surface area contributed by atoms with Crippen LogP contribution in [0.5, 0.6) is 0 Å².